The molecule has 0 unspecified atom stereocenters. The van der Waals surface area contributed by atoms with Crippen LogP contribution in [0.2, 0.25) is 5.02 Å². The molecule has 0 amide bonds. The topological polar surface area (TPSA) is 26.3 Å². The van der Waals surface area contributed by atoms with Gasteiger partial charge < -0.3 is 4.74 Å². The Hall–Kier alpha value is -1.58. The van der Waals surface area contributed by atoms with Crippen molar-refractivity contribution < 1.29 is 9.53 Å². The summed E-state index contributed by atoms with van der Waals surface area (Å²) < 4.78 is 5.76. The third-order valence-electron chi connectivity index (χ3n) is 2.34. The number of halogens is 2. The molecule has 0 atom stereocenters. The predicted molar refractivity (Wildman–Crippen MR) is 80.3 cm³/mol. The molecule has 0 aliphatic heterocycles. The van der Waals surface area contributed by atoms with Gasteiger partial charge in [-0.1, -0.05) is 48.0 Å². The van der Waals surface area contributed by atoms with Gasteiger partial charge in [0.05, 0.1) is 9.50 Å². The highest BCUT2D eigenvalue weighted by Gasteiger charge is 2.07. The molecular weight excluding hydrogens is 328 g/mol. The molecule has 19 heavy (non-hydrogen) atoms. The Bertz CT molecular complexity index is 609. The van der Waals surface area contributed by atoms with Crippen LogP contribution in [0.15, 0.2) is 59.1 Å². The van der Waals surface area contributed by atoms with Crippen molar-refractivity contribution in [2.75, 3.05) is 0 Å². The number of hydrogen-bond donors (Lipinski definition) is 0. The number of carbonyl (C=O) groups excluding carboxylic acids is 1. The van der Waals surface area contributed by atoms with Gasteiger partial charge in [0.2, 0.25) is 0 Å². The van der Waals surface area contributed by atoms with Crippen LogP contribution in [-0.4, -0.2) is 5.97 Å². The maximum absolute atomic E-state index is 11.7. The minimum absolute atomic E-state index is 0.398. The second-order valence-electron chi connectivity index (χ2n) is 3.72. The summed E-state index contributed by atoms with van der Waals surface area (Å²) in [6.07, 6.45) is 3.07. The molecule has 0 spiro atoms. The van der Waals surface area contributed by atoms with Crippen molar-refractivity contribution in [3.05, 3.63) is 69.7 Å². The van der Waals surface area contributed by atoms with Crippen LogP contribution < -0.4 is 4.74 Å². The summed E-state index contributed by atoms with van der Waals surface area (Å²) in [6.45, 7) is 0. The molecule has 0 N–H and O–H groups in total. The first-order valence-corrected chi connectivity index (χ1v) is 6.73. The summed E-state index contributed by atoms with van der Waals surface area (Å²) in [6, 6.07) is 14.6. The maximum atomic E-state index is 11.7. The van der Waals surface area contributed by atoms with Crippen LogP contribution in [0.3, 0.4) is 0 Å². The lowest BCUT2D eigenvalue weighted by Crippen LogP contribution is -2.04. The summed E-state index contributed by atoms with van der Waals surface area (Å²) in [5.41, 5.74) is 0.935. The molecule has 0 saturated heterocycles. The molecule has 96 valence electrons. The van der Waals surface area contributed by atoms with E-state index in [2.05, 4.69) is 15.9 Å². The zero-order valence-corrected chi connectivity index (χ0v) is 12.2. The van der Waals surface area contributed by atoms with Crippen molar-refractivity contribution in [2.45, 2.75) is 0 Å². The fraction of sp³-hybridized carbons (Fsp3) is 0. The van der Waals surface area contributed by atoms with Gasteiger partial charge in [0.1, 0.15) is 5.75 Å². The number of hydrogen-bond acceptors (Lipinski definition) is 2. The summed E-state index contributed by atoms with van der Waals surface area (Å²) in [4.78, 5) is 11.7. The Morgan fingerprint density at radius 2 is 1.84 bits per heavy atom. The van der Waals surface area contributed by atoms with Gasteiger partial charge in [-0.25, -0.2) is 4.79 Å². The van der Waals surface area contributed by atoms with Gasteiger partial charge in [0.15, 0.2) is 0 Å². The SMILES string of the molecule is O=C(C=Cc1ccccc1)Oc1cccc(Cl)c1Br. The lowest BCUT2D eigenvalue weighted by atomic mass is 10.2. The molecule has 0 heterocycles. The molecule has 0 fully saturated rings. The first kappa shape index (κ1) is 13.8. The molecule has 2 nitrogen and oxygen atoms in total. The largest absolute Gasteiger partial charge is 0.422 e. The Kier molecular flexibility index (Phi) is 4.77. The van der Waals surface area contributed by atoms with Crippen molar-refractivity contribution in [3.8, 4) is 5.75 Å². The van der Waals surface area contributed by atoms with Crippen molar-refractivity contribution in [2.24, 2.45) is 0 Å². The van der Waals surface area contributed by atoms with E-state index in [9.17, 15) is 4.79 Å². The summed E-state index contributed by atoms with van der Waals surface area (Å²) >= 11 is 9.19. The average molecular weight is 338 g/mol. The first-order chi connectivity index (χ1) is 9.16. The smallest absolute Gasteiger partial charge is 0.336 e. The minimum Gasteiger partial charge on any atom is -0.422 e. The zero-order chi connectivity index (χ0) is 13.7. The van der Waals surface area contributed by atoms with Gasteiger partial charge in [-0.3, -0.25) is 0 Å². The van der Waals surface area contributed by atoms with E-state index in [1.165, 1.54) is 6.08 Å². The number of benzene rings is 2. The monoisotopic (exact) mass is 336 g/mol. The lowest BCUT2D eigenvalue weighted by Gasteiger charge is -2.04. The second-order valence-corrected chi connectivity index (χ2v) is 4.92. The lowest BCUT2D eigenvalue weighted by molar-refractivity contribution is -0.128. The van der Waals surface area contributed by atoms with E-state index in [0.717, 1.165) is 5.56 Å². The molecule has 0 bridgehead atoms. The molecular formula is C15H10BrClO2. The predicted octanol–water partition coefficient (Wildman–Crippen LogP) is 4.72. The summed E-state index contributed by atoms with van der Waals surface area (Å²) in [5, 5.41) is 0.498. The zero-order valence-electron chi connectivity index (χ0n) is 9.85. The standard InChI is InChI=1S/C15H10BrClO2/c16-15-12(17)7-4-8-13(15)19-14(18)10-9-11-5-2-1-3-6-11/h1-10H. The van der Waals surface area contributed by atoms with E-state index in [0.29, 0.717) is 15.2 Å². The molecule has 0 aliphatic carbocycles. The van der Waals surface area contributed by atoms with Crippen molar-refractivity contribution in [1.82, 2.24) is 0 Å². The molecule has 2 rings (SSSR count). The minimum atomic E-state index is -0.452. The third kappa shape index (κ3) is 3.94. The van der Waals surface area contributed by atoms with Crippen LogP contribution in [0.25, 0.3) is 6.08 Å². The van der Waals surface area contributed by atoms with E-state index in [4.69, 9.17) is 16.3 Å². The van der Waals surface area contributed by atoms with Crippen molar-refractivity contribution in [1.29, 1.82) is 0 Å². The van der Waals surface area contributed by atoms with Gasteiger partial charge in [0, 0.05) is 6.08 Å². The molecule has 2 aromatic rings. The highest BCUT2D eigenvalue weighted by Crippen LogP contribution is 2.31. The number of carbonyl (C=O) groups is 1. The maximum Gasteiger partial charge on any atom is 0.336 e. The Labute approximate surface area is 124 Å². The van der Waals surface area contributed by atoms with E-state index >= 15 is 0 Å². The van der Waals surface area contributed by atoms with E-state index in [-0.39, 0.29) is 0 Å². The Morgan fingerprint density at radius 1 is 1.11 bits per heavy atom. The van der Waals surface area contributed by atoms with Gasteiger partial charge in [-0.05, 0) is 39.7 Å². The first-order valence-electron chi connectivity index (χ1n) is 5.56. The molecule has 0 saturated carbocycles. The Morgan fingerprint density at radius 3 is 2.58 bits per heavy atom. The normalized spacial score (nSPS) is 10.6. The molecule has 0 radical (unpaired) electrons. The van der Waals surface area contributed by atoms with Gasteiger partial charge in [0.25, 0.3) is 0 Å². The van der Waals surface area contributed by atoms with Crippen LogP contribution in [-0.2, 0) is 4.79 Å². The van der Waals surface area contributed by atoms with Crippen LogP contribution in [0.1, 0.15) is 5.56 Å². The molecule has 4 heteroatoms. The fourth-order valence-corrected chi connectivity index (χ4v) is 1.94. The van der Waals surface area contributed by atoms with Crippen LogP contribution in [0.5, 0.6) is 5.75 Å². The second kappa shape index (κ2) is 6.55. The third-order valence-corrected chi connectivity index (χ3v) is 3.70. The fourth-order valence-electron chi connectivity index (χ4n) is 1.43. The number of rotatable bonds is 3. The number of ether oxygens (including phenoxy) is 1. The quantitative estimate of drug-likeness (QED) is 0.460. The highest BCUT2D eigenvalue weighted by molar-refractivity contribution is 9.10. The number of esters is 1. The van der Waals surface area contributed by atoms with Gasteiger partial charge >= 0.3 is 5.97 Å². The van der Waals surface area contributed by atoms with Crippen LogP contribution in [0, 0.1) is 0 Å². The van der Waals surface area contributed by atoms with Gasteiger partial charge in [-0.2, -0.15) is 0 Å². The summed E-state index contributed by atoms with van der Waals surface area (Å²) in [7, 11) is 0. The van der Waals surface area contributed by atoms with E-state index in [1.807, 2.05) is 30.3 Å². The van der Waals surface area contributed by atoms with Gasteiger partial charge in [-0.15, -0.1) is 0 Å². The van der Waals surface area contributed by atoms with Crippen LogP contribution >= 0.6 is 27.5 Å². The molecule has 0 aromatic heterocycles. The Balaban J connectivity index is 2.06. The highest BCUT2D eigenvalue weighted by atomic mass is 79.9. The average Bonchev–Trinajstić information content (AvgIpc) is 2.43. The van der Waals surface area contributed by atoms with Crippen molar-refractivity contribution in [3.63, 3.8) is 0 Å². The van der Waals surface area contributed by atoms with Crippen molar-refractivity contribution >= 4 is 39.6 Å². The van der Waals surface area contributed by atoms with E-state index in [1.54, 1.807) is 24.3 Å². The molecule has 2 aromatic carbocycles. The van der Waals surface area contributed by atoms with Crippen LogP contribution in [0.4, 0.5) is 0 Å². The summed E-state index contributed by atoms with van der Waals surface area (Å²) in [5.74, 6) is -0.0537. The molecule has 0 aliphatic rings. The van der Waals surface area contributed by atoms with E-state index < -0.39 is 5.97 Å².